The lowest BCUT2D eigenvalue weighted by atomic mass is 10.1. The number of aromatic hydroxyl groups is 1. The van der Waals surface area contributed by atoms with Crippen LogP contribution < -0.4 is 5.73 Å². The second-order valence-electron chi connectivity index (χ2n) is 6.11. The molecule has 0 saturated heterocycles. The molecule has 2 aromatic heterocycles. The fraction of sp³-hybridized carbons (Fsp3) is 0. The molecule has 0 aliphatic rings. The molecule has 2 heterocycles. The number of benzene rings is 2. The van der Waals surface area contributed by atoms with E-state index in [9.17, 15) is 24.2 Å². The largest absolute Gasteiger partial charge is 0.508 e. The van der Waals surface area contributed by atoms with Crippen molar-refractivity contribution in [1.82, 2.24) is 4.57 Å². The van der Waals surface area contributed by atoms with Gasteiger partial charge in [-0.05, 0) is 48.5 Å². The smallest absolute Gasteiger partial charge is 0.345 e. The van der Waals surface area contributed by atoms with E-state index in [1.54, 1.807) is 34.9 Å². The molecule has 0 spiro atoms. The van der Waals surface area contributed by atoms with Crippen molar-refractivity contribution < 1.29 is 24.2 Å². The van der Waals surface area contributed by atoms with Gasteiger partial charge in [0.05, 0.1) is 15.9 Å². The van der Waals surface area contributed by atoms with Gasteiger partial charge in [-0.2, -0.15) is 0 Å². The van der Waals surface area contributed by atoms with Crippen LogP contribution in [-0.4, -0.2) is 26.7 Å². The van der Waals surface area contributed by atoms with Crippen LogP contribution in [0.1, 0.15) is 20.0 Å². The van der Waals surface area contributed by atoms with E-state index in [0.717, 1.165) is 17.4 Å². The van der Waals surface area contributed by atoms with Gasteiger partial charge < -0.3 is 20.5 Å². The minimum atomic E-state index is -1.05. The highest BCUT2D eigenvalue weighted by Gasteiger charge is 2.20. The van der Waals surface area contributed by atoms with Gasteiger partial charge >= 0.3 is 5.97 Å². The van der Waals surface area contributed by atoms with E-state index >= 15 is 0 Å². The lowest BCUT2D eigenvalue weighted by molar-refractivity contribution is 0.0702. The highest BCUT2D eigenvalue weighted by atomic mass is 32.1. The SMILES string of the molecule is NC(=O)c1ccc(-n2c(-c3ccc(O)cc3F)cc3sc(C(=O)O)cc32)cc1. The molecule has 140 valence electrons. The molecule has 4 N–H and O–H groups in total. The molecule has 28 heavy (non-hydrogen) atoms. The second-order valence-corrected chi connectivity index (χ2v) is 7.19. The van der Waals surface area contributed by atoms with Crippen molar-refractivity contribution in [2.75, 3.05) is 0 Å². The molecule has 0 atom stereocenters. The number of phenols is 1. The van der Waals surface area contributed by atoms with E-state index in [2.05, 4.69) is 0 Å². The van der Waals surface area contributed by atoms with Crippen molar-refractivity contribution in [3.8, 4) is 22.7 Å². The first-order valence-corrected chi connectivity index (χ1v) is 8.94. The summed E-state index contributed by atoms with van der Waals surface area (Å²) in [6, 6.07) is 13.5. The first kappa shape index (κ1) is 17.7. The summed E-state index contributed by atoms with van der Waals surface area (Å²) >= 11 is 1.08. The molecular weight excluding hydrogens is 383 g/mol. The number of nitrogens with two attached hydrogens (primary N) is 1. The number of amides is 1. The molecule has 2 aromatic carbocycles. The summed E-state index contributed by atoms with van der Waals surface area (Å²) in [4.78, 5) is 22.8. The Hall–Kier alpha value is -3.65. The van der Waals surface area contributed by atoms with Crippen LogP contribution in [0.4, 0.5) is 4.39 Å². The number of primary amides is 1. The van der Waals surface area contributed by atoms with E-state index in [1.807, 2.05) is 0 Å². The maximum Gasteiger partial charge on any atom is 0.345 e. The standard InChI is InChI=1S/C20H13FN2O4S/c21-14-7-12(24)5-6-13(14)15-8-17-16(9-18(28-17)20(26)27)23(15)11-3-1-10(2-4-11)19(22)25/h1-9,24H,(H2,22,25)(H,26,27). The molecule has 0 radical (unpaired) electrons. The molecular formula is C20H13FN2O4S. The number of nitrogens with zero attached hydrogens (tertiary/aromatic N) is 1. The van der Waals surface area contributed by atoms with Gasteiger partial charge in [-0.3, -0.25) is 4.79 Å². The van der Waals surface area contributed by atoms with Crippen LogP contribution in [0.15, 0.2) is 54.6 Å². The summed E-state index contributed by atoms with van der Waals surface area (Å²) in [5.41, 5.74) is 7.54. The van der Waals surface area contributed by atoms with Gasteiger partial charge in [0.1, 0.15) is 16.4 Å². The Balaban J connectivity index is 1.99. The molecule has 0 aliphatic heterocycles. The molecule has 6 nitrogen and oxygen atoms in total. The van der Waals surface area contributed by atoms with E-state index in [-0.39, 0.29) is 16.2 Å². The van der Waals surface area contributed by atoms with Gasteiger partial charge in [-0.1, -0.05) is 0 Å². The minimum absolute atomic E-state index is 0.158. The van der Waals surface area contributed by atoms with E-state index in [1.165, 1.54) is 18.2 Å². The van der Waals surface area contributed by atoms with Gasteiger partial charge in [0.2, 0.25) is 5.91 Å². The molecule has 0 bridgehead atoms. The number of aromatic carboxylic acids is 1. The van der Waals surface area contributed by atoms with Crippen LogP contribution in [0.2, 0.25) is 0 Å². The summed E-state index contributed by atoms with van der Waals surface area (Å²) in [5.74, 6) is -2.43. The van der Waals surface area contributed by atoms with Gasteiger partial charge in [0, 0.05) is 22.9 Å². The zero-order valence-corrected chi connectivity index (χ0v) is 15.0. The van der Waals surface area contributed by atoms with Crippen molar-refractivity contribution >= 4 is 33.4 Å². The number of halogens is 1. The van der Waals surface area contributed by atoms with Gasteiger partial charge in [-0.25, -0.2) is 9.18 Å². The van der Waals surface area contributed by atoms with E-state index in [4.69, 9.17) is 5.73 Å². The van der Waals surface area contributed by atoms with Gasteiger partial charge in [-0.15, -0.1) is 11.3 Å². The molecule has 0 fully saturated rings. The predicted molar refractivity (Wildman–Crippen MR) is 104 cm³/mol. The number of carbonyl (C=O) groups is 2. The molecule has 8 heteroatoms. The normalized spacial score (nSPS) is 11.0. The predicted octanol–water partition coefficient (Wildman–Crippen LogP) is 4.00. The number of carboxylic acids is 1. The molecule has 4 rings (SSSR count). The Morgan fingerprint density at radius 2 is 1.75 bits per heavy atom. The Morgan fingerprint density at radius 3 is 2.36 bits per heavy atom. The van der Waals surface area contributed by atoms with E-state index < -0.39 is 17.7 Å². The Morgan fingerprint density at radius 1 is 1.04 bits per heavy atom. The maximum absolute atomic E-state index is 14.5. The van der Waals surface area contributed by atoms with Crippen LogP contribution in [0.3, 0.4) is 0 Å². The van der Waals surface area contributed by atoms with Crippen molar-refractivity contribution in [3.05, 3.63) is 70.9 Å². The number of carbonyl (C=O) groups excluding carboxylic acids is 1. The number of phenolic OH excluding ortho intramolecular Hbond substituents is 1. The summed E-state index contributed by atoms with van der Waals surface area (Å²) in [6.45, 7) is 0. The molecule has 0 aliphatic carbocycles. The lowest BCUT2D eigenvalue weighted by Gasteiger charge is -2.12. The summed E-state index contributed by atoms with van der Waals surface area (Å²) in [5, 5.41) is 18.8. The van der Waals surface area contributed by atoms with Crippen molar-refractivity contribution in [1.29, 1.82) is 0 Å². The number of thiophene rings is 1. The number of fused-ring (bicyclic) bond motifs is 1. The van der Waals surface area contributed by atoms with Crippen LogP contribution in [0, 0.1) is 5.82 Å². The molecule has 0 unspecified atom stereocenters. The zero-order chi connectivity index (χ0) is 20.0. The summed E-state index contributed by atoms with van der Waals surface area (Å²) in [7, 11) is 0. The topological polar surface area (TPSA) is 106 Å². The molecule has 1 amide bonds. The van der Waals surface area contributed by atoms with E-state index in [0.29, 0.717) is 27.2 Å². The second kappa shape index (κ2) is 6.50. The minimum Gasteiger partial charge on any atom is -0.508 e. The van der Waals surface area contributed by atoms with Crippen molar-refractivity contribution in [2.24, 2.45) is 5.73 Å². The summed E-state index contributed by atoms with van der Waals surface area (Å²) < 4.78 is 16.9. The number of carboxylic acid groups (broad SMARTS) is 1. The maximum atomic E-state index is 14.5. The van der Waals surface area contributed by atoms with Gasteiger partial charge in [0.15, 0.2) is 0 Å². The third-order valence-electron chi connectivity index (χ3n) is 4.34. The zero-order valence-electron chi connectivity index (χ0n) is 14.2. The third kappa shape index (κ3) is 2.89. The Bertz CT molecular complexity index is 1240. The lowest BCUT2D eigenvalue weighted by Crippen LogP contribution is -2.10. The highest BCUT2D eigenvalue weighted by Crippen LogP contribution is 2.37. The average Bonchev–Trinajstić information content (AvgIpc) is 3.19. The Labute approximate surface area is 161 Å². The first-order valence-electron chi connectivity index (χ1n) is 8.13. The number of hydrogen-bond donors (Lipinski definition) is 3. The average molecular weight is 396 g/mol. The number of hydrogen-bond acceptors (Lipinski definition) is 4. The number of aromatic nitrogens is 1. The quantitative estimate of drug-likeness (QED) is 0.485. The summed E-state index contributed by atoms with van der Waals surface area (Å²) in [6.07, 6.45) is 0. The van der Waals surface area contributed by atoms with Crippen LogP contribution in [-0.2, 0) is 0 Å². The van der Waals surface area contributed by atoms with Crippen LogP contribution in [0.5, 0.6) is 5.75 Å². The van der Waals surface area contributed by atoms with Crippen LogP contribution in [0.25, 0.3) is 27.2 Å². The fourth-order valence-corrected chi connectivity index (χ4v) is 3.98. The van der Waals surface area contributed by atoms with Crippen LogP contribution >= 0.6 is 11.3 Å². The first-order chi connectivity index (χ1) is 13.3. The fourth-order valence-electron chi connectivity index (χ4n) is 3.06. The molecule has 4 aromatic rings. The highest BCUT2D eigenvalue weighted by molar-refractivity contribution is 7.20. The van der Waals surface area contributed by atoms with Crippen molar-refractivity contribution in [3.63, 3.8) is 0 Å². The van der Waals surface area contributed by atoms with Gasteiger partial charge in [0.25, 0.3) is 0 Å². The Kier molecular flexibility index (Phi) is 4.12. The molecule has 0 saturated carbocycles. The number of rotatable bonds is 4. The third-order valence-corrected chi connectivity index (χ3v) is 5.40. The van der Waals surface area contributed by atoms with Crippen molar-refractivity contribution in [2.45, 2.75) is 0 Å². The monoisotopic (exact) mass is 396 g/mol.